The summed E-state index contributed by atoms with van der Waals surface area (Å²) >= 11 is 0. The van der Waals surface area contributed by atoms with E-state index >= 15 is 0 Å². The molecule has 0 spiro atoms. The molecule has 6 heteroatoms. The van der Waals surface area contributed by atoms with E-state index in [2.05, 4.69) is 15.6 Å². The lowest BCUT2D eigenvalue weighted by molar-refractivity contribution is -0.119. The van der Waals surface area contributed by atoms with Crippen molar-refractivity contribution < 1.29 is 9.59 Å². The molecule has 0 atom stereocenters. The lowest BCUT2D eigenvalue weighted by Gasteiger charge is -2.24. The minimum absolute atomic E-state index is 0.0739. The van der Waals surface area contributed by atoms with Gasteiger partial charge in [-0.05, 0) is 26.0 Å². The molecule has 1 heterocycles. The maximum absolute atomic E-state index is 12.0. The van der Waals surface area contributed by atoms with Gasteiger partial charge in [-0.3, -0.25) is 9.59 Å². The van der Waals surface area contributed by atoms with Crippen LogP contribution in [-0.4, -0.2) is 29.4 Å². The van der Waals surface area contributed by atoms with Gasteiger partial charge in [0.2, 0.25) is 5.91 Å². The molecule has 1 aromatic rings. The third kappa shape index (κ3) is 4.04. The molecule has 0 aliphatic rings. The van der Waals surface area contributed by atoms with E-state index in [1.165, 1.54) is 0 Å². The van der Waals surface area contributed by atoms with Gasteiger partial charge in [-0.15, -0.1) is 0 Å². The van der Waals surface area contributed by atoms with Crippen molar-refractivity contribution in [3.8, 4) is 0 Å². The lowest BCUT2D eigenvalue weighted by atomic mass is 10.00. The largest absolute Gasteiger partial charge is 0.373 e. The molecule has 18 heavy (non-hydrogen) atoms. The lowest BCUT2D eigenvalue weighted by Crippen LogP contribution is -2.46. The molecule has 0 aliphatic heterocycles. The SMILES string of the molecule is CNc1cccc(C(=O)NC(C)(C)CC(N)=O)n1. The zero-order valence-electron chi connectivity index (χ0n) is 10.8. The first-order chi connectivity index (χ1) is 8.34. The number of hydrogen-bond acceptors (Lipinski definition) is 4. The number of nitrogens with zero attached hydrogens (tertiary/aromatic N) is 1. The number of aromatic nitrogens is 1. The van der Waals surface area contributed by atoms with E-state index < -0.39 is 11.4 Å². The van der Waals surface area contributed by atoms with Crippen molar-refractivity contribution in [2.45, 2.75) is 25.8 Å². The fourth-order valence-electron chi connectivity index (χ4n) is 1.55. The number of carbonyl (C=O) groups excluding carboxylic acids is 2. The number of pyridine rings is 1. The number of rotatable bonds is 5. The highest BCUT2D eigenvalue weighted by Crippen LogP contribution is 2.10. The van der Waals surface area contributed by atoms with Gasteiger partial charge in [0.15, 0.2) is 0 Å². The van der Waals surface area contributed by atoms with Crippen molar-refractivity contribution in [1.29, 1.82) is 0 Å². The van der Waals surface area contributed by atoms with Crippen LogP contribution < -0.4 is 16.4 Å². The van der Waals surface area contributed by atoms with Crippen molar-refractivity contribution in [1.82, 2.24) is 10.3 Å². The first kappa shape index (κ1) is 14.0. The van der Waals surface area contributed by atoms with Gasteiger partial charge in [-0.25, -0.2) is 4.98 Å². The van der Waals surface area contributed by atoms with Crippen molar-refractivity contribution in [2.75, 3.05) is 12.4 Å². The normalized spacial score (nSPS) is 10.8. The number of nitrogens with one attached hydrogen (secondary N) is 2. The highest BCUT2D eigenvalue weighted by molar-refractivity contribution is 5.93. The molecular formula is C12H18N4O2. The smallest absolute Gasteiger partial charge is 0.270 e. The molecule has 0 radical (unpaired) electrons. The summed E-state index contributed by atoms with van der Waals surface area (Å²) in [5, 5.41) is 5.58. The van der Waals surface area contributed by atoms with E-state index in [0.717, 1.165) is 0 Å². The standard InChI is InChI=1S/C12H18N4O2/c1-12(2,7-9(13)17)16-11(18)8-5-4-6-10(14-3)15-8/h4-6H,7H2,1-3H3,(H2,13,17)(H,14,15)(H,16,18). The molecule has 0 aliphatic carbocycles. The summed E-state index contributed by atoms with van der Waals surface area (Å²) < 4.78 is 0. The summed E-state index contributed by atoms with van der Waals surface area (Å²) in [4.78, 5) is 27.0. The molecule has 0 unspecified atom stereocenters. The van der Waals surface area contributed by atoms with Crippen LogP contribution in [0, 0.1) is 0 Å². The Hall–Kier alpha value is -2.11. The summed E-state index contributed by atoms with van der Waals surface area (Å²) in [5.74, 6) is -0.189. The minimum Gasteiger partial charge on any atom is -0.373 e. The van der Waals surface area contributed by atoms with Crippen LogP contribution in [0.1, 0.15) is 30.8 Å². The van der Waals surface area contributed by atoms with E-state index in [1.807, 2.05) is 0 Å². The Balaban J connectivity index is 2.78. The number of hydrogen-bond donors (Lipinski definition) is 3. The molecule has 0 aromatic carbocycles. The van der Waals surface area contributed by atoms with E-state index in [1.54, 1.807) is 39.1 Å². The predicted octanol–water partition coefficient (Wildman–Crippen LogP) is 0.507. The molecule has 1 rings (SSSR count). The zero-order chi connectivity index (χ0) is 13.8. The molecule has 0 saturated carbocycles. The third-order valence-electron chi connectivity index (χ3n) is 2.31. The summed E-state index contributed by atoms with van der Waals surface area (Å²) in [6, 6.07) is 5.09. The Bertz CT molecular complexity index is 457. The molecule has 0 bridgehead atoms. The topological polar surface area (TPSA) is 97.1 Å². The van der Waals surface area contributed by atoms with E-state index in [4.69, 9.17) is 5.73 Å². The first-order valence-corrected chi connectivity index (χ1v) is 5.60. The average molecular weight is 250 g/mol. The van der Waals surface area contributed by atoms with Crippen LogP contribution in [0.15, 0.2) is 18.2 Å². The Morgan fingerprint density at radius 1 is 1.39 bits per heavy atom. The van der Waals surface area contributed by atoms with Crippen LogP contribution in [0.3, 0.4) is 0 Å². The molecule has 0 saturated heterocycles. The first-order valence-electron chi connectivity index (χ1n) is 5.60. The van der Waals surface area contributed by atoms with Crippen molar-refractivity contribution in [2.24, 2.45) is 5.73 Å². The summed E-state index contributed by atoms with van der Waals surface area (Å²) in [7, 11) is 1.72. The Labute approximate surface area is 106 Å². The van der Waals surface area contributed by atoms with E-state index in [-0.39, 0.29) is 12.3 Å². The van der Waals surface area contributed by atoms with E-state index in [0.29, 0.717) is 11.5 Å². The quantitative estimate of drug-likeness (QED) is 0.709. The molecule has 2 amide bonds. The van der Waals surface area contributed by atoms with Crippen LogP contribution in [0.2, 0.25) is 0 Å². The highest BCUT2D eigenvalue weighted by Gasteiger charge is 2.24. The van der Waals surface area contributed by atoms with Crippen molar-refractivity contribution in [3.05, 3.63) is 23.9 Å². The van der Waals surface area contributed by atoms with Crippen LogP contribution in [-0.2, 0) is 4.79 Å². The summed E-state index contributed by atoms with van der Waals surface area (Å²) in [6.45, 7) is 3.47. The molecular weight excluding hydrogens is 232 g/mol. The second-order valence-corrected chi connectivity index (χ2v) is 4.64. The van der Waals surface area contributed by atoms with Gasteiger partial charge in [0, 0.05) is 19.0 Å². The second-order valence-electron chi connectivity index (χ2n) is 4.64. The van der Waals surface area contributed by atoms with Gasteiger partial charge in [0.05, 0.1) is 0 Å². The molecule has 98 valence electrons. The minimum atomic E-state index is -0.694. The Morgan fingerprint density at radius 2 is 2.06 bits per heavy atom. The second kappa shape index (κ2) is 5.48. The van der Waals surface area contributed by atoms with Gasteiger partial charge in [0.1, 0.15) is 11.5 Å². The van der Waals surface area contributed by atoms with Crippen molar-refractivity contribution in [3.63, 3.8) is 0 Å². The fourth-order valence-corrected chi connectivity index (χ4v) is 1.55. The van der Waals surface area contributed by atoms with Gasteiger partial charge in [-0.2, -0.15) is 0 Å². The molecule has 0 fully saturated rings. The Morgan fingerprint density at radius 3 is 2.61 bits per heavy atom. The fraction of sp³-hybridized carbons (Fsp3) is 0.417. The van der Waals surface area contributed by atoms with Gasteiger partial charge >= 0.3 is 0 Å². The Kier molecular flexibility index (Phi) is 4.25. The van der Waals surface area contributed by atoms with Gasteiger partial charge < -0.3 is 16.4 Å². The van der Waals surface area contributed by atoms with Crippen molar-refractivity contribution >= 4 is 17.6 Å². The van der Waals surface area contributed by atoms with E-state index in [9.17, 15) is 9.59 Å². The monoisotopic (exact) mass is 250 g/mol. The number of primary amides is 1. The summed E-state index contributed by atoms with van der Waals surface area (Å²) in [5.41, 5.74) is 4.72. The third-order valence-corrected chi connectivity index (χ3v) is 2.31. The maximum atomic E-state index is 12.0. The molecule has 6 nitrogen and oxygen atoms in total. The van der Waals surface area contributed by atoms with Crippen LogP contribution in [0.5, 0.6) is 0 Å². The van der Waals surface area contributed by atoms with Gasteiger partial charge in [-0.1, -0.05) is 6.07 Å². The molecule has 4 N–H and O–H groups in total. The maximum Gasteiger partial charge on any atom is 0.270 e. The number of nitrogens with two attached hydrogens (primary N) is 1. The number of carbonyl (C=O) groups is 2. The predicted molar refractivity (Wildman–Crippen MR) is 69.1 cm³/mol. The van der Waals surface area contributed by atoms with Crippen LogP contribution >= 0.6 is 0 Å². The number of amides is 2. The van der Waals surface area contributed by atoms with Crippen LogP contribution in [0.4, 0.5) is 5.82 Å². The zero-order valence-corrected chi connectivity index (χ0v) is 10.8. The molecule has 1 aromatic heterocycles. The average Bonchev–Trinajstić information content (AvgIpc) is 2.26. The summed E-state index contributed by atoms with van der Waals surface area (Å²) in [6.07, 6.45) is 0.0739. The van der Waals surface area contributed by atoms with Gasteiger partial charge in [0.25, 0.3) is 5.91 Å². The van der Waals surface area contributed by atoms with Crippen LogP contribution in [0.25, 0.3) is 0 Å². The highest BCUT2D eigenvalue weighted by atomic mass is 16.2. The number of anilines is 1.